The molecule has 0 bridgehead atoms. The highest BCUT2D eigenvalue weighted by Crippen LogP contribution is 2.33. The van der Waals surface area contributed by atoms with Crippen LogP contribution in [0.4, 0.5) is 0 Å². The summed E-state index contributed by atoms with van der Waals surface area (Å²) in [6.45, 7) is 6.91. The Morgan fingerprint density at radius 2 is 1.85 bits per heavy atom. The molecule has 8 nitrogen and oxygen atoms in total. The number of unbranched alkanes of at least 4 members (excludes halogenated alkanes) is 1. The van der Waals surface area contributed by atoms with Gasteiger partial charge in [-0.25, -0.2) is 4.52 Å². The molecule has 0 unspecified atom stereocenters. The molecule has 4 rings (SSSR count). The Balaban J connectivity index is 1.59. The van der Waals surface area contributed by atoms with Crippen LogP contribution in [0.5, 0.6) is 0 Å². The molecule has 1 amide bonds. The van der Waals surface area contributed by atoms with Crippen molar-refractivity contribution in [2.45, 2.75) is 66.0 Å². The molecular weight excluding hydrogens is 504 g/mol. The van der Waals surface area contributed by atoms with E-state index in [1.54, 1.807) is 0 Å². The summed E-state index contributed by atoms with van der Waals surface area (Å²) in [6, 6.07) is 16.1. The van der Waals surface area contributed by atoms with E-state index in [2.05, 4.69) is 35.4 Å². The lowest BCUT2D eigenvalue weighted by atomic mass is 9.95. The number of hydrogen-bond acceptors (Lipinski definition) is 6. The van der Waals surface area contributed by atoms with Gasteiger partial charge in [0.25, 0.3) is 0 Å². The first-order valence-electron chi connectivity index (χ1n) is 14.0. The number of aromatic nitrogens is 3. The Hall–Kier alpha value is -4.04. The van der Waals surface area contributed by atoms with Gasteiger partial charge in [0.1, 0.15) is 6.61 Å². The molecule has 0 spiro atoms. The Bertz CT molecular complexity index is 1430. The van der Waals surface area contributed by atoms with Gasteiger partial charge in [-0.1, -0.05) is 37.3 Å². The fourth-order valence-corrected chi connectivity index (χ4v) is 4.82. The Kier molecular flexibility index (Phi) is 10.4. The van der Waals surface area contributed by atoms with Crippen LogP contribution in [0, 0.1) is 6.92 Å². The van der Waals surface area contributed by atoms with Crippen molar-refractivity contribution in [3.63, 3.8) is 0 Å². The first-order valence-corrected chi connectivity index (χ1v) is 14.0. The standard InChI is InChI=1S/C32H38N4O4/c1-4-26-15-16-29-32(25-17-23(3)18-33-20-25)27(13-9-10-14-31(38)40-5-2)28(35-36(26)29)21-39-22-30(37)34-19-24-11-7-6-8-12-24/h6-8,11-12,15-18,20H,4-5,9-10,13-14,19,21-22H2,1-3H3,(H,34,37). The van der Waals surface area contributed by atoms with Gasteiger partial charge in [0, 0.05) is 42.2 Å². The molecule has 0 saturated carbocycles. The molecule has 0 fully saturated rings. The lowest BCUT2D eigenvalue weighted by Crippen LogP contribution is -2.27. The minimum Gasteiger partial charge on any atom is -0.466 e. The van der Waals surface area contributed by atoms with Gasteiger partial charge >= 0.3 is 5.97 Å². The molecule has 0 aliphatic rings. The van der Waals surface area contributed by atoms with E-state index in [1.807, 2.05) is 61.1 Å². The molecule has 0 radical (unpaired) electrons. The number of amides is 1. The van der Waals surface area contributed by atoms with Crippen molar-refractivity contribution < 1.29 is 19.1 Å². The summed E-state index contributed by atoms with van der Waals surface area (Å²) < 4.78 is 13.0. The number of hydrogen-bond donors (Lipinski definition) is 1. The van der Waals surface area contributed by atoms with Crippen molar-refractivity contribution in [3.05, 3.63) is 89.0 Å². The lowest BCUT2D eigenvalue weighted by molar-refractivity contribution is -0.143. The molecule has 210 valence electrons. The fraction of sp³-hybridized carbons (Fsp3) is 0.375. The second kappa shape index (κ2) is 14.4. The second-order valence-electron chi connectivity index (χ2n) is 9.79. The van der Waals surface area contributed by atoms with Crippen LogP contribution in [0.2, 0.25) is 0 Å². The predicted octanol–water partition coefficient (Wildman–Crippen LogP) is 5.38. The number of nitrogens with one attached hydrogen (secondary N) is 1. The number of ether oxygens (including phenoxy) is 2. The summed E-state index contributed by atoms with van der Waals surface area (Å²) in [4.78, 5) is 28.9. The number of carbonyl (C=O) groups is 2. The molecule has 1 N–H and O–H groups in total. The van der Waals surface area contributed by atoms with Gasteiger partial charge in [-0.3, -0.25) is 14.6 Å². The zero-order valence-corrected chi connectivity index (χ0v) is 23.6. The Labute approximate surface area is 235 Å². The third-order valence-electron chi connectivity index (χ3n) is 6.75. The number of nitrogens with zero attached hydrogens (tertiary/aromatic N) is 3. The maximum Gasteiger partial charge on any atom is 0.305 e. The quantitative estimate of drug-likeness (QED) is 0.170. The van der Waals surface area contributed by atoms with Crippen molar-refractivity contribution in [2.75, 3.05) is 13.2 Å². The van der Waals surface area contributed by atoms with Crippen LogP contribution in [0.25, 0.3) is 16.6 Å². The van der Waals surface area contributed by atoms with Crippen LogP contribution >= 0.6 is 0 Å². The summed E-state index contributed by atoms with van der Waals surface area (Å²) in [5.74, 6) is -0.359. The van der Waals surface area contributed by atoms with Gasteiger partial charge in [-0.15, -0.1) is 0 Å². The normalized spacial score (nSPS) is 11.1. The third kappa shape index (κ3) is 7.54. The highest BCUT2D eigenvalue weighted by atomic mass is 16.5. The van der Waals surface area contributed by atoms with Crippen LogP contribution in [-0.2, 0) is 45.1 Å². The Morgan fingerprint density at radius 1 is 1.02 bits per heavy atom. The van der Waals surface area contributed by atoms with Gasteiger partial charge in [-0.05, 0) is 74.4 Å². The van der Waals surface area contributed by atoms with Crippen molar-refractivity contribution >= 4 is 17.4 Å². The van der Waals surface area contributed by atoms with Crippen LogP contribution in [-0.4, -0.2) is 39.7 Å². The van der Waals surface area contributed by atoms with E-state index in [0.717, 1.165) is 57.6 Å². The van der Waals surface area contributed by atoms with E-state index in [9.17, 15) is 9.59 Å². The minimum absolute atomic E-state index is 0.0670. The largest absolute Gasteiger partial charge is 0.466 e. The van der Waals surface area contributed by atoms with Gasteiger partial charge in [0.15, 0.2) is 0 Å². The van der Waals surface area contributed by atoms with Crippen LogP contribution in [0.15, 0.2) is 60.9 Å². The maximum absolute atomic E-state index is 12.5. The minimum atomic E-state index is -0.181. The van der Waals surface area contributed by atoms with Gasteiger partial charge < -0.3 is 14.8 Å². The SMILES string of the molecule is CCOC(=O)CCCCc1c(COCC(=O)NCc2ccccc2)nn2c(CC)ccc2c1-c1cncc(C)c1. The number of rotatable bonds is 14. The lowest BCUT2D eigenvalue weighted by Gasteiger charge is -2.18. The average Bonchev–Trinajstić information content (AvgIpc) is 3.37. The van der Waals surface area contributed by atoms with Crippen molar-refractivity contribution in [3.8, 4) is 11.1 Å². The fourth-order valence-electron chi connectivity index (χ4n) is 4.82. The highest BCUT2D eigenvalue weighted by molar-refractivity contribution is 5.84. The molecular formula is C32H38N4O4. The van der Waals surface area contributed by atoms with Crippen LogP contribution < -0.4 is 5.32 Å². The smallest absolute Gasteiger partial charge is 0.305 e. The molecule has 40 heavy (non-hydrogen) atoms. The van der Waals surface area contributed by atoms with Gasteiger partial charge in [0.2, 0.25) is 5.91 Å². The first kappa shape index (κ1) is 29.0. The van der Waals surface area contributed by atoms with E-state index in [0.29, 0.717) is 32.4 Å². The monoisotopic (exact) mass is 542 g/mol. The van der Waals surface area contributed by atoms with Crippen molar-refractivity contribution in [1.82, 2.24) is 19.9 Å². The topological polar surface area (TPSA) is 94.8 Å². The first-order chi connectivity index (χ1) is 19.5. The van der Waals surface area contributed by atoms with Gasteiger partial charge in [0.05, 0.1) is 24.4 Å². The molecule has 0 aliphatic carbocycles. The molecule has 3 heterocycles. The average molecular weight is 543 g/mol. The van der Waals surface area contributed by atoms with Crippen LogP contribution in [0.3, 0.4) is 0 Å². The molecule has 1 aromatic carbocycles. The molecule has 4 aromatic rings. The third-order valence-corrected chi connectivity index (χ3v) is 6.75. The zero-order chi connectivity index (χ0) is 28.3. The van der Waals surface area contributed by atoms with E-state index in [-0.39, 0.29) is 25.1 Å². The summed E-state index contributed by atoms with van der Waals surface area (Å²) in [7, 11) is 0. The van der Waals surface area contributed by atoms with E-state index in [4.69, 9.17) is 14.6 Å². The summed E-state index contributed by atoms with van der Waals surface area (Å²) >= 11 is 0. The number of esters is 1. The number of benzene rings is 1. The molecule has 8 heteroatoms. The number of pyridine rings is 1. The Morgan fingerprint density at radius 3 is 2.60 bits per heavy atom. The van der Waals surface area contributed by atoms with Crippen LogP contribution in [0.1, 0.15) is 61.2 Å². The van der Waals surface area contributed by atoms with E-state index >= 15 is 0 Å². The second-order valence-corrected chi connectivity index (χ2v) is 9.79. The summed E-state index contributed by atoms with van der Waals surface area (Å²) in [5.41, 5.74) is 8.10. The highest BCUT2D eigenvalue weighted by Gasteiger charge is 2.20. The summed E-state index contributed by atoms with van der Waals surface area (Å²) in [6.07, 6.45) is 7.13. The maximum atomic E-state index is 12.5. The van der Waals surface area contributed by atoms with E-state index in [1.165, 1.54) is 0 Å². The molecule has 0 aliphatic heterocycles. The van der Waals surface area contributed by atoms with Gasteiger partial charge in [-0.2, -0.15) is 5.10 Å². The molecule has 0 atom stereocenters. The number of aryl methyl sites for hydroxylation is 2. The number of carbonyl (C=O) groups excluding carboxylic acids is 2. The van der Waals surface area contributed by atoms with Crippen molar-refractivity contribution in [1.29, 1.82) is 0 Å². The predicted molar refractivity (Wildman–Crippen MR) is 155 cm³/mol. The van der Waals surface area contributed by atoms with E-state index < -0.39 is 0 Å². The number of fused-ring (bicyclic) bond motifs is 1. The zero-order valence-electron chi connectivity index (χ0n) is 23.6. The summed E-state index contributed by atoms with van der Waals surface area (Å²) in [5, 5.41) is 7.90. The molecule has 0 saturated heterocycles. The molecule has 3 aromatic heterocycles. The van der Waals surface area contributed by atoms with Crippen molar-refractivity contribution in [2.24, 2.45) is 0 Å².